The summed E-state index contributed by atoms with van der Waals surface area (Å²) in [5, 5.41) is 8.84. The molecule has 1 rings (SSSR count). The van der Waals surface area contributed by atoms with Gasteiger partial charge in [-0.3, -0.25) is 14.4 Å². The fraction of sp³-hybridized carbons (Fsp3) is 0.710. The number of ether oxygens (including phenoxy) is 2. The average Bonchev–Trinajstić information content (AvgIpc) is 2.86. The van der Waals surface area contributed by atoms with E-state index in [0.717, 1.165) is 46.1 Å². The Balaban J connectivity index is 2.81. The normalized spacial score (nSPS) is 12.7. The van der Waals surface area contributed by atoms with Crippen molar-refractivity contribution in [1.82, 2.24) is 10.6 Å². The van der Waals surface area contributed by atoms with Gasteiger partial charge in [0.25, 0.3) is 0 Å². The van der Waals surface area contributed by atoms with E-state index in [9.17, 15) is 14.4 Å². The maximum absolute atomic E-state index is 13.2. The number of anilines is 1. The van der Waals surface area contributed by atoms with Crippen molar-refractivity contribution in [3.8, 4) is 0 Å². The van der Waals surface area contributed by atoms with E-state index in [4.69, 9.17) is 9.47 Å². The van der Waals surface area contributed by atoms with Gasteiger partial charge in [0.05, 0.1) is 19.8 Å². The summed E-state index contributed by atoms with van der Waals surface area (Å²) in [5.74, 6) is -0.673. The molecule has 0 aliphatic rings. The highest BCUT2D eigenvalue weighted by molar-refractivity contribution is 9.10. The highest BCUT2D eigenvalue weighted by Crippen LogP contribution is 2.31. The van der Waals surface area contributed by atoms with Crippen molar-refractivity contribution < 1.29 is 23.9 Å². The molecule has 228 valence electrons. The number of benzene rings is 1. The number of carbonyl (C=O) groups excluding carboxylic acids is 3. The maximum Gasteiger partial charge on any atom is 0.242 e. The number of halogens is 1. The second-order valence-electron chi connectivity index (χ2n) is 12.5. The summed E-state index contributed by atoms with van der Waals surface area (Å²) in [5.41, 5.74) is 3.37. The molecule has 0 radical (unpaired) electrons. The molecule has 0 fully saturated rings. The Bertz CT molecular complexity index is 994. The zero-order valence-electron chi connectivity index (χ0n) is 26.1. The Labute approximate surface area is 250 Å². The van der Waals surface area contributed by atoms with Crippen molar-refractivity contribution in [3.63, 3.8) is 0 Å². The van der Waals surface area contributed by atoms with Gasteiger partial charge >= 0.3 is 0 Å². The number of hydrogen-bond donors (Lipinski definition) is 3. The van der Waals surface area contributed by atoms with Crippen molar-refractivity contribution in [3.05, 3.63) is 27.2 Å². The third-order valence-electron chi connectivity index (χ3n) is 6.72. The van der Waals surface area contributed by atoms with Crippen molar-refractivity contribution >= 4 is 39.3 Å². The SMILES string of the molecule is CCCCCC(=O)N[C@H](CCC(=O)Nc1c(C)cc(C)c(Br)c1C)C(=O)NCC(C)(C)COCC(C)(C)COC. The predicted molar refractivity (Wildman–Crippen MR) is 166 cm³/mol. The molecular weight excluding hydrogens is 574 g/mol. The number of unbranched alkanes of at least 4 members (excludes halogenated alkanes) is 2. The lowest BCUT2D eigenvalue weighted by molar-refractivity contribution is -0.130. The van der Waals surface area contributed by atoms with Crippen LogP contribution in [0.5, 0.6) is 0 Å². The maximum atomic E-state index is 13.2. The Hall–Kier alpha value is -1.97. The van der Waals surface area contributed by atoms with E-state index in [0.29, 0.717) is 32.8 Å². The smallest absolute Gasteiger partial charge is 0.242 e. The van der Waals surface area contributed by atoms with E-state index in [-0.39, 0.29) is 41.4 Å². The second kappa shape index (κ2) is 17.1. The molecule has 1 aromatic rings. The third-order valence-corrected chi connectivity index (χ3v) is 7.94. The molecule has 0 spiro atoms. The molecule has 1 atom stereocenters. The minimum atomic E-state index is -0.802. The van der Waals surface area contributed by atoms with Crippen molar-refractivity contribution in [2.45, 2.75) is 100.0 Å². The van der Waals surface area contributed by atoms with Crippen molar-refractivity contribution in [2.75, 3.05) is 38.8 Å². The van der Waals surface area contributed by atoms with Gasteiger partial charge < -0.3 is 25.4 Å². The van der Waals surface area contributed by atoms with E-state index in [1.807, 2.05) is 40.7 Å². The molecule has 0 saturated heterocycles. The lowest BCUT2D eigenvalue weighted by atomic mass is 9.93. The largest absolute Gasteiger partial charge is 0.384 e. The molecule has 0 heterocycles. The molecule has 0 aromatic heterocycles. The standard InChI is InChI=1S/C31H52BrN3O5/c1-10-11-12-13-25(36)34-24(14-15-26(37)35-28-22(3)16-21(2)27(32)23(28)4)29(38)33-17-30(5,6)19-40-20-31(7,8)18-39-9/h16,24H,10-15,17-20H2,1-9H3,(H,33,38)(H,34,36)(H,35,37)/t24-/m1/s1. The van der Waals surface area contributed by atoms with Crippen LogP contribution in [0, 0.1) is 31.6 Å². The number of methoxy groups -OCH3 is 1. The fourth-order valence-corrected chi connectivity index (χ4v) is 4.75. The number of hydrogen-bond acceptors (Lipinski definition) is 5. The van der Waals surface area contributed by atoms with Crippen LogP contribution < -0.4 is 16.0 Å². The Morgan fingerprint density at radius 3 is 2.20 bits per heavy atom. The van der Waals surface area contributed by atoms with Gasteiger partial charge in [-0.05, 0) is 50.3 Å². The van der Waals surface area contributed by atoms with Gasteiger partial charge in [-0.1, -0.05) is 69.5 Å². The first-order chi connectivity index (χ1) is 18.6. The van der Waals surface area contributed by atoms with Crippen molar-refractivity contribution in [2.24, 2.45) is 10.8 Å². The van der Waals surface area contributed by atoms with Crippen LogP contribution in [-0.2, 0) is 23.9 Å². The summed E-state index contributed by atoms with van der Waals surface area (Å²) in [6.07, 6.45) is 3.37. The van der Waals surface area contributed by atoms with Crippen LogP contribution in [0.2, 0.25) is 0 Å². The van der Waals surface area contributed by atoms with Crippen LogP contribution in [0.15, 0.2) is 10.5 Å². The molecule has 0 bridgehead atoms. The number of amides is 3. The molecule has 0 unspecified atom stereocenters. The first-order valence-corrected chi connectivity index (χ1v) is 15.1. The first-order valence-electron chi connectivity index (χ1n) is 14.3. The lowest BCUT2D eigenvalue weighted by Crippen LogP contribution is -2.49. The number of nitrogens with one attached hydrogen (secondary N) is 3. The monoisotopic (exact) mass is 625 g/mol. The predicted octanol–water partition coefficient (Wildman–Crippen LogP) is 5.99. The number of carbonyl (C=O) groups is 3. The second-order valence-corrected chi connectivity index (χ2v) is 13.3. The highest BCUT2D eigenvalue weighted by atomic mass is 79.9. The zero-order chi connectivity index (χ0) is 30.5. The molecule has 1 aromatic carbocycles. The quantitative estimate of drug-likeness (QED) is 0.174. The van der Waals surface area contributed by atoms with Crippen LogP contribution in [0.3, 0.4) is 0 Å². The summed E-state index contributed by atoms with van der Waals surface area (Å²) in [7, 11) is 1.67. The van der Waals surface area contributed by atoms with Gasteiger partial charge in [-0.2, -0.15) is 0 Å². The minimum absolute atomic E-state index is 0.0960. The van der Waals surface area contributed by atoms with Crippen LogP contribution in [0.1, 0.15) is 89.8 Å². The van der Waals surface area contributed by atoms with E-state index in [2.05, 4.69) is 52.7 Å². The first kappa shape index (κ1) is 36.1. The molecule has 0 aliphatic heterocycles. The minimum Gasteiger partial charge on any atom is -0.384 e. The molecule has 40 heavy (non-hydrogen) atoms. The van der Waals surface area contributed by atoms with Gasteiger partial charge in [-0.15, -0.1) is 0 Å². The van der Waals surface area contributed by atoms with Gasteiger partial charge in [0, 0.05) is 47.5 Å². The van der Waals surface area contributed by atoms with Crippen LogP contribution in [0.25, 0.3) is 0 Å². The van der Waals surface area contributed by atoms with E-state index in [1.54, 1.807) is 7.11 Å². The molecule has 8 nitrogen and oxygen atoms in total. The summed E-state index contributed by atoms with van der Waals surface area (Å²) in [6.45, 7) is 18.2. The van der Waals surface area contributed by atoms with Gasteiger partial charge in [-0.25, -0.2) is 0 Å². The van der Waals surface area contributed by atoms with Crippen LogP contribution >= 0.6 is 15.9 Å². The van der Waals surface area contributed by atoms with Crippen molar-refractivity contribution in [1.29, 1.82) is 0 Å². The lowest BCUT2D eigenvalue weighted by Gasteiger charge is -2.29. The van der Waals surface area contributed by atoms with Crippen LogP contribution in [-0.4, -0.2) is 57.2 Å². The molecule has 3 N–H and O–H groups in total. The summed E-state index contributed by atoms with van der Waals surface area (Å²) >= 11 is 3.59. The highest BCUT2D eigenvalue weighted by Gasteiger charge is 2.27. The average molecular weight is 627 g/mol. The number of aryl methyl sites for hydroxylation is 2. The molecular formula is C31H52BrN3O5. The molecule has 0 aliphatic carbocycles. The topological polar surface area (TPSA) is 106 Å². The molecule has 3 amide bonds. The molecule has 9 heteroatoms. The van der Waals surface area contributed by atoms with E-state index in [1.165, 1.54) is 0 Å². The van der Waals surface area contributed by atoms with Gasteiger partial charge in [0.1, 0.15) is 6.04 Å². The number of rotatable bonds is 18. The summed E-state index contributed by atoms with van der Waals surface area (Å²) in [6, 6.07) is 1.22. The molecule has 0 saturated carbocycles. The van der Waals surface area contributed by atoms with E-state index >= 15 is 0 Å². The van der Waals surface area contributed by atoms with Crippen LogP contribution in [0.4, 0.5) is 5.69 Å². The Morgan fingerprint density at radius 2 is 1.57 bits per heavy atom. The third kappa shape index (κ3) is 13.1. The Morgan fingerprint density at radius 1 is 0.925 bits per heavy atom. The van der Waals surface area contributed by atoms with Gasteiger partial charge in [0.15, 0.2) is 0 Å². The van der Waals surface area contributed by atoms with E-state index < -0.39 is 6.04 Å². The fourth-order valence-electron chi connectivity index (χ4n) is 4.44. The Kier molecular flexibility index (Phi) is 15.4. The zero-order valence-corrected chi connectivity index (χ0v) is 27.7. The summed E-state index contributed by atoms with van der Waals surface area (Å²) in [4.78, 5) is 38.7. The van der Waals surface area contributed by atoms with Gasteiger partial charge in [0.2, 0.25) is 17.7 Å². The summed E-state index contributed by atoms with van der Waals surface area (Å²) < 4.78 is 12.1.